The van der Waals surface area contributed by atoms with Crippen LogP contribution in [0.4, 0.5) is 0 Å². The van der Waals surface area contributed by atoms with Crippen LogP contribution in [0.25, 0.3) is 5.57 Å². The fourth-order valence-corrected chi connectivity index (χ4v) is 5.38. The number of likely N-dealkylation sites (N-methyl/N-ethyl adjacent to an activating group) is 1. The highest BCUT2D eigenvalue weighted by Crippen LogP contribution is 2.58. The van der Waals surface area contributed by atoms with Crippen LogP contribution in [0.2, 0.25) is 0 Å². The second kappa shape index (κ2) is 9.41. The topological polar surface area (TPSA) is 40.5 Å². The van der Waals surface area contributed by atoms with E-state index in [9.17, 15) is 9.90 Å². The third kappa shape index (κ3) is 4.93. The summed E-state index contributed by atoms with van der Waals surface area (Å²) in [7, 11) is 2.08. The van der Waals surface area contributed by atoms with Gasteiger partial charge in [0.05, 0.1) is 5.41 Å². The van der Waals surface area contributed by atoms with Gasteiger partial charge in [-0.3, -0.25) is 9.69 Å². The summed E-state index contributed by atoms with van der Waals surface area (Å²) in [6.45, 7) is 27.9. The predicted molar refractivity (Wildman–Crippen MR) is 147 cm³/mol. The van der Waals surface area contributed by atoms with Gasteiger partial charge in [-0.25, -0.2) is 0 Å². The highest BCUT2D eigenvalue weighted by Gasteiger charge is 2.55. The normalized spacial score (nSPS) is 18.1. The number of hydrogen-bond acceptors (Lipinski definition) is 3. The Kier molecular flexibility index (Phi) is 8.49. The van der Waals surface area contributed by atoms with Crippen LogP contribution in [0.5, 0.6) is 0 Å². The second-order valence-corrected chi connectivity index (χ2v) is 13.5. The van der Waals surface area contributed by atoms with Gasteiger partial charge in [0.1, 0.15) is 0 Å². The monoisotopic (exact) mass is 475 g/mol. The molecule has 1 N–H and O–H groups in total. The van der Waals surface area contributed by atoms with E-state index < -0.39 is 16.9 Å². The number of aliphatic carboxylic acids is 1. The molecule has 0 saturated carbocycles. The van der Waals surface area contributed by atoms with Gasteiger partial charge in [0.25, 0.3) is 0 Å². The number of fused-ring (bicyclic) bond motifs is 1. The van der Waals surface area contributed by atoms with Crippen LogP contribution >= 0.6 is 12.6 Å². The van der Waals surface area contributed by atoms with E-state index >= 15 is 0 Å². The Balaban J connectivity index is 0.00000125. The number of carboxylic acid groups (broad SMARTS) is 1. The molecule has 0 heterocycles. The minimum Gasteiger partial charge on any atom is -0.481 e. The van der Waals surface area contributed by atoms with Gasteiger partial charge in [-0.15, -0.1) is 0 Å². The second-order valence-electron chi connectivity index (χ2n) is 12.5. The maximum Gasteiger partial charge on any atom is 0.310 e. The summed E-state index contributed by atoms with van der Waals surface area (Å²) < 4.78 is 0. The first-order valence-electron chi connectivity index (χ1n) is 12.1. The average Bonchev–Trinajstić information content (AvgIpc) is 2.65. The van der Waals surface area contributed by atoms with E-state index in [4.69, 9.17) is 0 Å². The van der Waals surface area contributed by atoms with Crippen molar-refractivity contribution in [2.75, 3.05) is 7.05 Å². The van der Waals surface area contributed by atoms with Gasteiger partial charge < -0.3 is 5.11 Å². The van der Waals surface area contributed by atoms with Crippen molar-refractivity contribution >= 4 is 24.2 Å². The minimum absolute atomic E-state index is 0.0526. The third-order valence-electron chi connectivity index (χ3n) is 8.92. The lowest BCUT2D eigenvalue weighted by Crippen LogP contribution is -2.64. The summed E-state index contributed by atoms with van der Waals surface area (Å²) >= 11 is 3.97. The van der Waals surface area contributed by atoms with Crippen molar-refractivity contribution in [1.82, 2.24) is 4.90 Å². The van der Waals surface area contributed by atoms with E-state index in [1.54, 1.807) is 0 Å². The molecule has 0 unspecified atom stereocenters. The van der Waals surface area contributed by atoms with Crippen LogP contribution in [0, 0.1) is 10.8 Å². The number of nitrogens with zero attached hydrogens (tertiary/aromatic N) is 1. The van der Waals surface area contributed by atoms with Gasteiger partial charge >= 0.3 is 5.97 Å². The van der Waals surface area contributed by atoms with E-state index in [1.807, 2.05) is 41.5 Å². The molecular formula is C29H49NO2S. The molecule has 0 atom stereocenters. The fourth-order valence-electron chi connectivity index (χ4n) is 5.38. The molecule has 2 rings (SSSR count). The predicted octanol–water partition coefficient (Wildman–Crippen LogP) is 7.70. The Labute approximate surface area is 209 Å². The zero-order valence-corrected chi connectivity index (χ0v) is 24.5. The lowest BCUT2D eigenvalue weighted by Gasteiger charge is -2.59. The van der Waals surface area contributed by atoms with Gasteiger partial charge in [0.2, 0.25) is 0 Å². The zero-order valence-electron chi connectivity index (χ0n) is 23.6. The number of thiol groups is 1. The standard InChI is InChI=1S/C26H41NO2.C3H8S/c1-17-18-15-13-14-16-19(18)22(2,3)23(4,5)20(17)25(8,9)27(12)26(10,11)24(6,7)21(28)29;1-3(2)4/h13-16H,1-12H3,(H,28,29);3-4H,1-2H3. The summed E-state index contributed by atoms with van der Waals surface area (Å²) in [6.07, 6.45) is 0. The molecule has 188 valence electrons. The first-order chi connectivity index (χ1) is 14.6. The van der Waals surface area contributed by atoms with E-state index in [-0.39, 0.29) is 16.4 Å². The Morgan fingerprint density at radius 1 is 0.970 bits per heavy atom. The largest absolute Gasteiger partial charge is 0.481 e. The molecule has 0 bridgehead atoms. The molecule has 1 aliphatic carbocycles. The van der Waals surface area contributed by atoms with Crippen LogP contribution in [-0.4, -0.2) is 39.4 Å². The third-order valence-corrected chi connectivity index (χ3v) is 8.92. The summed E-state index contributed by atoms with van der Waals surface area (Å²) in [5, 5.41) is 10.5. The first-order valence-corrected chi connectivity index (χ1v) is 12.6. The molecule has 0 spiro atoms. The van der Waals surface area contributed by atoms with Crippen molar-refractivity contribution in [1.29, 1.82) is 0 Å². The van der Waals surface area contributed by atoms with Crippen LogP contribution < -0.4 is 0 Å². The highest BCUT2D eigenvalue weighted by atomic mass is 32.1. The SMILES string of the molecule is CC(C)S.CC1=C(C(C)(C)N(C)C(C)(C)C(C)(C)C(=O)O)C(C)(C)C(C)(C)c2ccccc21. The smallest absolute Gasteiger partial charge is 0.310 e. The maximum atomic E-state index is 12.1. The van der Waals surface area contributed by atoms with E-state index in [2.05, 4.69) is 97.3 Å². The van der Waals surface area contributed by atoms with E-state index in [0.29, 0.717) is 5.25 Å². The van der Waals surface area contributed by atoms with Crippen LogP contribution in [0.1, 0.15) is 101 Å². The van der Waals surface area contributed by atoms with Crippen molar-refractivity contribution in [3.05, 3.63) is 41.0 Å². The first kappa shape index (κ1) is 29.8. The van der Waals surface area contributed by atoms with Gasteiger partial charge in [-0.1, -0.05) is 65.8 Å². The fraction of sp³-hybridized carbons (Fsp3) is 0.690. The number of hydrogen-bond donors (Lipinski definition) is 2. The van der Waals surface area contributed by atoms with Gasteiger partial charge in [-0.05, 0) is 93.9 Å². The van der Waals surface area contributed by atoms with Crippen molar-refractivity contribution in [3.8, 4) is 0 Å². The summed E-state index contributed by atoms with van der Waals surface area (Å²) in [5.74, 6) is -0.774. The lowest BCUT2D eigenvalue weighted by atomic mass is 9.52. The van der Waals surface area contributed by atoms with Crippen molar-refractivity contribution in [2.45, 2.75) is 112 Å². The van der Waals surface area contributed by atoms with Crippen molar-refractivity contribution in [3.63, 3.8) is 0 Å². The Bertz CT molecular complexity index is 901. The number of benzene rings is 1. The molecule has 0 fully saturated rings. The van der Waals surface area contributed by atoms with Gasteiger partial charge in [0.15, 0.2) is 0 Å². The molecule has 1 aromatic carbocycles. The molecule has 1 aliphatic rings. The lowest BCUT2D eigenvalue weighted by molar-refractivity contribution is -0.157. The molecule has 4 heteroatoms. The van der Waals surface area contributed by atoms with Crippen molar-refractivity contribution in [2.24, 2.45) is 10.8 Å². The Hall–Kier alpha value is -1.26. The Morgan fingerprint density at radius 2 is 1.39 bits per heavy atom. The molecule has 0 amide bonds. The Morgan fingerprint density at radius 3 is 1.82 bits per heavy atom. The van der Waals surface area contributed by atoms with Crippen LogP contribution in [0.15, 0.2) is 29.8 Å². The molecule has 0 aromatic heterocycles. The summed E-state index contributed by atoms with van der Waals surface area (Å²) in [5.41, 5.74) is 3.42. The molecule has 33 heavy (non-hydrogen) atoms. The van der Waals surface area contributed by atoms with Gasteiger partial charge in [-0.2, -0.15) is 12.6 Å². The number of carboxylic acids is 1. The van der Waals surface area contributed by atoms with Crippen LogP contribution in [-0.2, 0) is 10.2 Å². The minimum atomic E-state index is -0.903. The molecule has 0 aliphatic heterocycles. The van der Waals surface area contributed by atoms with E-state index in [1.165, 1.54) is 22.3 Å². The number of allylic oxidation sites excluding steroid dienone is 1. The van der Waals surface area contributed by atoms with Crippen molar-refractivity contribution < 1.29 is 9.90 Å². The quantitative estimate of drug-likeness (QED) is 0.429. The molecular weight excluding hydrogens is 426 g/mol. The van der Waals surface area contributed by atoms with Crippen LogP contribution in [0.3, 0.4) is 0 Å². The molecule has 1 aromatic rings. The molecule has 0 saturated heterocycles. The highest BCUT2D eigenvalue weighted by molar-refractivity contribution is 7.80. The maximum absolute atomic E-state index is 12.1. The number of rotatable bonds is 5. The molecule has 0 radical (unpaired) electrons. The number of carbonyl (C=O) groups is 1. The van der Waals surface area contributed by atoms with E-state index in [0.717, 1.165) is 0 Å². The summed E-state index contributed by atoms with van der Waals surface area (Å²) in [6, 6.07) is 8.73. The van der Waals surface area contributed by atoms with Gasteiger partial charge in [0, 0.05) is 11.1 Å². The zero-order chi connectivity index (χ0) is 26.4. The summed E-state index contributed by atoms with van der Waals surface area (Å²) in [4.78, 5) is 14.4. The molecule has 3 nitrogen and oxygen atoms in total. The average molecular weight is 476 g/mol.